The molecular formula is C19H22N2. The van der Waals surface area contributed by atoms with Crippen molar-refractivity contribution in [3.05, 3.63) is 71.8 Å². The molecule has 0 amide bonds. The van der Waals surface area contributed by atoms with E-state index in [0.717, 1.165) is 25.1 Å². The molecule has 0 bridgehead atoms. The SMILES string of the molecule is CN(CC[C@](C)(C#N)c1ccccc1)Cc1ccccc1. The van der Waals surface area contributed by atoms with E-state index < -0.39 is 5.41 Å². The largest absolute Gasteiger partial charge is 0.302 e. The van der Waals surface area contributed by atoms with Crippen LogP contribution >= 0.6 is 0 Å². The van der Waals surface area contributed by atoms with Crippen molar-refractivity contribution in [2.45, 2.75) is 25.3 Å². The Morgan fingerprint density at radius 2 is 1.57 bits per heavy atom. The third-order valence-corrected chi connectivity index (χ3v) is 3.95. The minimum absolute atomic E-state index is 0.424. The van der Waals surface area contributed by atoms with Gasteiger partial charge in [0.1, 0.15) is 0 Å². The molecule has 0 unspecified atom stereocenters. The van der Waals surface area contributed by atoms with Crippen molar-refractivity contribution in [2.75, 3.05) is 13.6 Å². The molecule has 21 heavy (non-hydrogen) atoms. The molecule has 2 nitrogen and oxygen atoms in total. The Morgan fingerprint density at radius 1 is 1.00 bits per heavy atom. The van der Waals surface area contributed by atoms with Gasteiger partial charge < -0.3 is 4.90 Å². The lowest BCUT2D eigenvalue weighted by molar-refractivity contribution is 0.299. The molecule has 108 valence electrons. The van der Waals surface area contributed by atoms with Crippen LogP contribution in [-0.2, 0) is 12.0 Å². The Morgan fingerprint density at radius 3 is 2.14 bits per heavy atom. The van der Waals surface area contributed by atoms with Crippen LogP contribution in [0.1, 0.15) is 24.5 Å². The number of nitrogens with zero attached hydrogens (tertiary/aromatic N) is 2. The van der Waals surface area contributed by atoms with Gasteiger partial charge in [-0.3, -0.25) is 0 Å². The lowest BCUT2D eigenvalue weighted by Gasteiger charge is -2.25. The van der Waals surface area contributed by atoms with Crippen molar-refractivity contribution in [2.24, 2.45) is 0 Å². The molecule has 0 N–H and O–H groups in total. The van der Waals surface area contributed by atoms with Gasteiger partial charge in [0.15, 0.2) is 0 Å². The highest BCUT2D eigenvalue weighted by atomic mass is 15.1. The smallest absolute Gasteiger partial charge is 0.0806 e. The lowest BCUT2D eigenvalue weighted by Crippen LogP contribution is -2.28. The van der Waals surface area contributed by atoms with Gasteiger partial charge in [0.2, 0.25) is 0 Å². The van der Waals surface area contributed by atoms with E-state index in [0.29, 0.717) is 0 Å². The van der Waals surface area contributed by atoms with Gasteiger partial charge in [-0.1, -0.05) is 60.7 Å². The quantitative estimate of drug-likeness (QED) is 0.799. The number of benzene rings is 2. The predicted molar refractivity (Wildman–Crippen MR) is 86.8 cm³/mol. The van der Waals surface area contributed by atoms with Crippen LogP contribution in [0.5, 0.6) is 0 Å². The van der Waals surface area contributed by atoms with E-state index in [1.165, 1.54) is 5.56 Å². The number of hydrogen-bond donors (Lipinski definition) is 0. The third kappa shape index (κ3) is 4.18. The summed E-state index contributed by atoms with van der Waals surface area (Å²) in [4.78, 5) is 2.27. The highest BCUT2D eigenvalue weighted by Gasteiger charge is 2.26. The van der Waals surface area contributed by atoms with E-state index in [2.05, 4.69) is 42.3 Å². The summed E-state index contributed by atoms with van der Waals surface area (Å²) in [5.41, 5.74) is 1.98. The molecule has 2 rings (SSSR count). The van der Waals surface area contributed by atoms with Crippen LogP contribution in [0.15, 0.2) is 60.7 Å². The van der Waals surface area contributed by atoms with Crippen molar-refractivity contribution in [3.8, 4) is 6.07 Å². The van der Waals surface area contributed by atoms with Gasteiger partial charge in [0, 0.05) is 13.1 Å². The Balaban J connectivity index is 1.96. The van der Waals surface area contributed by atoms with Gasteiger partial charge in [0.25, 0.3) is 0 Å². The minimum Gasteiger partial charge on any atom is -0.302 e. The van der Waals surface area contributed by atoms with Gasteiger partial charge >= 0.3 is 0 Å². The number of nitriles is 1. The Bertz CT molecular complexity index is 586. The van der Waals surface area contributed by atoms with Crippen LogP contribution in [0.4, 0.5) is 0 Å². The zero-order valence-corrected chi connectivity index (χ0v) is 12.8. The standard InChI is InChI=1S/C19H22N2/c1-19(16-20,18-11-7-4-8-12-18)13-14-21(2)15-17-9-5-3-6-10-17/h3-12H,13-15H2,1-2H3/t19-/m1/s1. The van der Waals surface area contributed by atoms with Crippen LogP contribution in [0, 0.1) is 11.3 Å². The number of rotatable bonds is 6. The van der Waals surface area contributed by atoms with Crippen molar-refractivity contribution in [3.63, 3.8) is 0 Å². The normalized spacial score (nSPS) is 13.6. The molecule has 0 aliphatic carbocycles. The fourth-order valence-electron chi connectivity index (χ4n) is 2.46. The summed E-state index contributed by atoms with van der Waals surface area (Å²) in [6.45, 7) is 3.84. The second-order valence-electron chi connectivity index (χ2n) is 5.78. The summed E-state index contributed by atoms with van der Waals surface area (Å²) in [5.74, 6) is 0. The highest BCUT2D eigenvalue weighted by Crippen LogP contribution is 2.27. The first kappa shape index (κ1) is 15.3. The lowest BCUT2D eigenvalue weighted by atomic mass is 9.81. The molecule has 0 radical (unpaired) electrons. The second-order valence-corrected chi connectivity index (χ2v) is 5.78. The fraction of sp³-hybridized carbons (Fsp3) is 0.316. The Labute approximate surface area is 127 Å². The van der Waals surface area contributed by atoms with Crippen molar-refractivity contribution >= 4 is 0 Å². The second kappa shape index (κ2) is 7.06. The maximum atomic E-state index is 9.57. The van der Waals surface area contributed by atoms with Crippen molar-refractivity contribution in [1.29, 1.82) is 5.26 Å². The summed E-state index contributed by atoms with van der Waals surface area (Å²) in [7, 11) is 2.11. The summed E-state index contributed by atoms with van der Waals surface area (Å²) in [6, 6.07) is 23.0. The van der Waals surface area contributed by atoms with Gasteiger partial charge in [-0.05, 0) is 31.5 Å². The molecular weight excluding hydrogens is 256 g/mol. The number of hydrogen-bond acceptors (Lipinski definition) is 2. The van der Waals surface area contributed by atoms with Gasteiger partial charge in [-0.2, -0.15) is 5.26 Å². The van der Waals surface area contributed by atoms with Gasteiger partial charge in [0.05, 0.1) is 11.5 Å². The van der Waals surface area contributed by atoms with Crippen LogP contribution in [0.25, 0.3) is 0 Å². The van der Waals surface area contributed by atoms with Crippen LogP contribution in [0.2, 0.25) is 0 Å². The Hall–Kier alpha value is -2.11. The van der Waals surface area contributed by atoms with E-state index in [9.17, 15) is 5.26 Å². The van der Waals surface area contributed by atoms with E-state index in [1.54, 1.807) is 0 Å². The summed E-state index contributed by atoms with van der Waals surface area (Å²) < 4.78 is 0. The molecule has 2 aromatic rings. The van der Waals surface area contributed by atoms with Crippen LogP contribution < -0.4 is 0 Å². The average molecular weight is 278 g/mol. The average Bonchev–Trinajstić information content (AvgIpc) is 2.54. The topological polar surface area (TPSA) is 27.0 Å². The molecule has 1 atom stereocenters. The first-order valence-corrected chi connectivity index (χ1v) is 7.33. The predicted octanol–water partition coefficient (Wildman–Crippen LogP) is 3.99. The highest BCUT2D eigenvalue weighted by molar-refractivity contribution is 5.31. The van der Waals surface area contributed by atoms with E-state index in [4.69, 9.17) is 0 Å². The maximum Gasteiger partial charge on any atom is 0.0806 e. The molecule has 0 saturated heterocycles. The molecule has 0 aliphatic rings. The first-order valence-electron chi connectivity index (χ1n) is 7.33. The van der Waals surface area contributed by atoms with Gasteiger partial charge in [-0.25, -0.2) is 0 Å². The molecule has 0 fully saturated rings. The zero-order chi connectivity index (χ0) is 15.1. The van der Waals surface area contributed by atoms with Gasteiger partial charge in [-0.15, -0.1) is 0 Å². The molecule has 0 saturated carbocycles. The van der Waals surface area contributed by atoms with E-state index >= 15 is 0 Å². The first-order chi connectivity index (χ1) is 10.1. The van der Waals surface area contributed by atoms with Crippen molar-refractivity contribution < 1.29 is 0 Å². The van der Waals surface area contributed by atoms with Crippen LogP contribution in [0.3, 0.4) is 0 Å². The monoisotopic (exact) mass is 278 g/mol. The fourth-order valence-corrected chi connectivity index (χ4v) is 2.46. The Kier molecular flexibility index (Phi) is 5.14. The van der Waals surface area contributed by atoms with Crippen LogP contribution in [-0.4, -0.2) is 18.5 Å². The molecule has 0 aliphatic heterocycles. The third-order valence-electron chi connectivity index (χ3n) is 3.95. The summed E-state index contributed by atoms with van der Waals surface area (Å²) in [6.07, 6.45) is 0.830. The van der Waals surface area contributed by atoms with Crippen molar-refractivity contribution in [1.82, 2.24) is 4.90 Å². The summed E-state index contributed by atoms with van der Waals surface area (Å²) in [5, 5.41) is 9.57. The summed E-state index contributed by atoms with van der Waals surface area (Å²) >= 11 is 0. The van der Waals surface area contributed by atoms with E-state index in [-0.39, 0.29) is 0 Å². The molecule has 0 heterocycles. The van der Waals surface area contributed by atoms with E-state index in [1.807, 2.05) is 43.3 Å². The minimum atomic E-state index is -0.424. The maximum absolute atomic E-state index is 9.57. The molecule has 0 spiro atoms. The zero-order valence-electron chi connectivity index (χ0n) is 12.8. The molecule has 2 heteroatoms. The molecule has 2 aromatic carbocycles. The molecule has 0 aromatic heterocycles.